The van der Waals surface area contributed by atoms with Crippen LogP contribution in [0.5, 0.6) is 0 Å². The van der Waals surface area contributed by atoms with E-state index in [4.69, 9.17) is 28.8 Å². The van der Waals surface area contributed by atoms with Gasteiger partial charge in [-0.15, -0.1) is 0 Å². The number of hydrogen-bond acceptors (Lipinski definition) is 9. The molecule has 2 aliphatic rings. The lowest BCUT2D eigenvalue weighted by Crippen LogP contribution is -2.29. The Morgan fingerprint density at radius 2 is 1.07 bits per heavy atom. The van der Waals surface area contributed by atoms with Gasteiger partial charge in [0.15, 0.2) is 0 Å². The molecule has 0 radical (unpaired) electrons. The Kier molecular flexibility index (Phi) is 12.4. The highest BCUT2D eigenvalue weighted by Crippen LogP contribution is 2.28. The van der Waals surface area contributed by atoms with E-state index in [0.29, 0.717) is 26.0 Å². The minimum atomic E-state index is -0.263. The Hall–Kier alpha value is -3.49. The summed E-state index contributed by atoms with van der Waals surface area (Å²) < 4.78 is 5.11. The molecule has 0 unspecified atom stereocenters. The van der Waals surface area contributed by atoms with Crippen molar-refractivity contribution in [1.29, 1.82) is 0 Å². The number of para-hydroxylation sites is 1. The van der Waals surface area contributed by atoms with Crippen molar-refractivity contribution in [3.8, 4) is 5.69 Å². The number of halogens is 3. The molecule has 15 heteroatoms. The SMILES string of the molecule is Nc1cnn(-c2ccccc2)c(=O)c1Br.Nc1cnn(C2CCCCC2)c(=O)c1Br.Nc1cnn(C2CCCCC2)c(=O)c1Cl. The molecular formula is C30H36Br2ClN9O3. The van der Waals surface area contributed by atoms with Gasteiger partial charge in [-0.2, -0.15) is 20.0 Å². The van der Waals surface area contributed by atoms with Crippen molar-refractivity contribution in [2.45, 2.75) is 76.3 Å². The normalized spacial score (nSPS) is 15.4. The molecule has 4 aromatic rings. The third-order valence-corrected chi connectivity index (χ3v) is 9.70. The van der Waals surface area contributed by atoms with E-state index < -0.39 is 0 Å². The summed E-state index contributed by atoms with van der Waals surface area (Å²) in [6.07, 6.45) is 15.7. The fraction of sp³-hybridized carbons (Fsp3) is 0.400. The number of nitrogens with two attached hydrogens (primary N) is 3. The van der Waals surface area contributed by atoms with Crippen molar-refractivity contribution in [2.75, 3.05) is 17.2 Å². The van der Waals surface area contributed by atoms with Crippen LogP contribution in [0, 0.1) is 0 Å². The van der Waals surface area contributed by atoms with Crippen LogP contribution >= 0.6 is 43.5 Å². The quantitative estimate of drug-likeness (QED) is 0.237. The molecule has 0 aliphatic heterocycles. The molecule has 6 N–H and O–H groups in total. The summed E-state index contributed by atoms with van der Waals surface area (Å²) in [6.45, 7) is 0. The third kappa shape index (κ3) is 8.61. The molecule has 0 spiro atoms. The maximum absolute atomic E-state index is 11.9. The number of nitrogens with zero attached hydrogens (tertiary/aromatic N) is 6. The minimum absolute atomic E-state index is 0.0931. The molecule has 0 amide bonds. The second kappa shape index (κ2) is 16.2. The Morgan fingerprint density at radius 3 is 1.60 bits per heavy atom. The summed E-state index contributed by atoms with van der Waals surface area (Å²) in [5.41, 5.74) is 17.7. The van der Waals surface area contributed by atoms with E-state index in [1.165, 1.54) is 47.4 Å². The maximum atomic E-state index is 11.9. The summed E-state index contributed by atoms with van der Waals surface area (Å²) >= 11 is 12.1. The summed E-state index contributed by atoms with van der Waals surface area (Å²) in [4.78, 5) is 35.4. The van der Waals surface area contributed by atoms with Crippen LogP contribution in [0.15, 0.2) is 72.3 Å². The lowest BCUT2D eigenvalue weighted by atomic mass is 9.96. The van der Waals surface area contributed by atoms with E-state index in [9.17, 15) is 14.4 Å². The lowest BCUT2D eigenvalue weighted by Gasteiger charge is -2.22. The lowest BCUT2D eigenvalue weighted by molar-refractivity contribution is 0.318. The second-order valence-electron chi connectivity index (χ2n) is 10.9. The van der Waals surface area contributed by atoms with Gasteiger partial charge in [-0.05, 0) is 69.7 Å². The minimum Gasteiger partial charge on any atom is -0.396 e. The number of benzene rings is 1. The molecular weight excluding hydrogens is 730 g/mol. The van der Waals surface area contributed by atoms with Crippen molar-refractivity contribution >= 4 is 60.5 Å². The molecule has 0 bridgehead atoms. The summed E-state index contributed by atoms with van der Waals surface area (Å²) in [7, 11) is 0. The molecule has 2 fully saturated rings. The smallest absolute Gasteiger partial charge is 0.287 e. The van der Waals surface area contributed by atoms with Gasteiger partial charge in [0.25, 0.3) is 16.7 Å². The highest BCUT2D eigenvalue weighted by atomic mass is 79.9. The number of hydrogen-bond donors (Lipinski definition) is 3. The van der Waals surface area contributed by atoms with Crippen molar-refractivity contribution in [2.24, 2.45) is 0 Å². The van der Waals surface area contributed by atoms with E-state index >= 15 is 0 Å². The van der Waals surface area contributed by atoms with Crippen molar-refractivity contribution < 1.29 is 0 Å². The predicted octanol–water partition coefficient (Wildman–Crippen LogP) is 5.65. The van der Waals surface area contributed by atoms with E-state index in [-0.39, 0.29) is 39.5 Å². The monoisotopic (exact) mass is 763 g/mol. The Bertz CT molecular complexity index is 1690. The largest absolute Gasteiger partial charge is 0.396 e. The molecule has 45 heavy (non-hydrogen) atoms. The summed E-state index contributed by atoms with van der Waals surface area (Å²) in [5, 5.41) is 12.2. The Balaban J connectivity index is 0.000000154. The molecule has 0 saturated heterocycles. The topological polar surface area (TPSA) is 183 Å². The molecule has 6 rings (SSSR count). The van der Waals surface area contributed by atoms with Crippen LogP contribution in [0.4, 0.5) is 17.1 Å². The van der Waals surface area contributed by atoms with Gasteiger partial charge in [-0.1, -0.05) is 68.3 Å². The first-order chi connectivity index (χ1) is 21.6. The zero-order chi connectivity index (χ0) is 32.5. The molecule has 12 nitrogen and oxygen atoms in total. The number of aromatic nitrogens is 6. The van der Waals surface area contributed by atoms with Gasteiger partial charge in [0, 0.05) is 0 Å². The Morgan fingerprint density at radius 1 is 0.622 bits per heavy atom. The molecule has 240 valence electrons. The molecule has 2 aliphatic carbocycles. The van der Waals surface area contributed by atoms with Crippen molar-refractivity contribution in [3.63, 3.8) is 0 Å². The molecule has 3 aromatic heterocycles. The Labute approximate surface area is 281 Å². The average molecular weight is 766 g/mol. The van der Waals surface area contributed by atoms with Crippen LogP contribution in [0.2, 0.25) is 5.02 Å². The summed E-state index contributed by atoms with van der Waals surface area (Å²) in [6, 6.07) is 9.61. The van der Waals surface area contributed by atoms with Gasteiger partial charge in [-0.25, -0.2) is 9.36 Å². The number of rotatable bonds is 3. The van der Waals surface area contributed by atoms with E-state index in [0.717, 1.165) is 38.5 Å². The zero-order valence-electron chi connectivity index (χ0n) is 24.6. The molecule has 1 aromatic carbocycles. The van der Waals surface area contributed by atoms with E-state index in [1.54, 1.807) is 23.0 Å². The van der Waals surface area contributed by atoms with Gasteiger partial charge in [-0.3, -0.25) is 14.4 Å². The van der Waals surface area contributed by atoms with E-state index in [1.807, 2.05) is 18.2 Å². The standard InChI is InChI=1S/C10H14BrN3O.C10H8BrN3O.C10H14ClN3O/c3*11-9-8(12)6-13-14(10(9)15)7-4-2-1-3-5-7/h6-7H,1-5,12H2;1-6H,12H2;6-7H,1-5,12H2. The fourth-order valence-electron chi connectivity index (χ4n) is 5.29. The third-order valence-electron chi connectivity index (χ3n) is 7.73. The van der Waals surface area contributed by atoms with E-state index in [2.05, 4.69) is 47.2 Å². The van der Waals surface area contributed by atoms with Gasteiger partial charge < -0.3 is 17.2 Å². The first kappa shape index (κ1) is 34.4. The fourth-order valence-corrected chi connectivity index (χ4v) is 5.97. The first-order valence-corrected chi connectivity index (χ1v) is 16.7. The van der Waals surface area contributed by atoms with Crippen LogP contribution in [-0.4, -0.2) is 29.3 Å². The van der Waals surface area contributed by atoms with Crippen LogP contribution in [0.1, 0.15) is 76.3 Å². The zero-order valence-corrected chi connectivity index (χ0v) is 28.5. The molecule has 3 heterocycles. The van der Waals surface area contributed by atoms with Crippen LogP contribution in [0.25, 0.3) is 5.69 Å². The van der Waals surface area contributed by atoms with Gasteiger partial charge in [0.1, 0.15) is 14.0 Å². The van der Waals surface area contributed by atoms with Gasteiger partial charge in [0.05, 0.1) is 53.4 Å². The van der Waals surface area contributed by atoms with Crippen LogP contribution < -0.4 is 33.9 Å². The van der Waals surface area contributed by atoms with Crippen LogP contribution in [0.3, 0.4) is 0 Å². The first-order valence-electron chi connectivity index (χ1n) is 14.7. The highest BCUT2D eigenvalue weighted by Gasteiger charge is 2.20. The van der Waals surface area contributed by atoms with Crippen molar-refractivity contribution in [1.82, 2.24) is 29.3 Å². The molecule has 2 saturated carbocycles. The maximum Gasteiger partial charge on any atom is 0.287 e. The average Bonchev–Trinajstić information content (AvgIpc) is 3.07. The number of anilines is 3. The second-order valence-corrected chi connectivity index (χ2v) is 12.8. The molecule has 0 atom stereocenters. The van der Waals surface area contributed by atoms with Crippen LogP contribution in [-0.2, 0) is 0 Å². The highest BCUT2D eigenvalue weighted by molar-refractivity contribution is 9.11. The van der Waals surface area contributed by atoms with Gasteiger partial charge in [0.2, 0.25) is 0 Å². The predicted molar refractivity (Wildman–Crippen MR) is 185 cm³/mol. The summed E-state index contributed by atoms with van der Waals surface area (Å²) in [5.74, 6) is 0. The number of nitrogen functional groups attached to an aromatic ring is 3. The van der Waals surface area contributed by atoms with Gasteiger partial charge >= 0.3 is 0 Å². The van der Waals surface area contributed by atoms with Crippen molar-refractivity contribution in [3.05, 3.63) is 94.0 Å².